The highest BCUT2D eigenvalue weighted by Gasteiger charge is 2.35. The Morgan fingerprint density at radius 2 is 1.75 bits per heavy atom. The molecule has 0 saturated carbocycles. The van der Waals surface area contributed by atoms with E-state index in [2.05, 4.69) is 4.90 Å². The maximum atomic E-state index is 13.2. The van der Waals surface area contributed by atoms with Crippen LogP contribution >= 0.6 is 11.6 Å². The van der Waals surface area contributed by atoms with Gasteiger partial charge in [-0.25, -0.2) is 8.42 Å². The van der Waals surface area contributed by atoms with E-state index in [-0.39, 0.29) is 23.3 Å². The molecule has 2 heterocycles. The fourth-order valence-electron chi connectivity index (χ4n) is 4.38. The second-order valence-electron chi connectivity index (χ2n) is 8.17. The summed E-state index contributed by atoms with van der Waals surface area (Å²) in [4.78, 5) is 17.5. The quantitative estimate of drug-likeness (QED) is 0.661. The molecule has 1 amide bonds. The number of methoxy groups -OCH3 is 1. The fourth-order valence-corrected chi connectivity index (χ4v) is 6.08. The van der Waals surface area contributed by atoms with Gasteiger partial charge in [-0.1, -0.05) is 17.7 Å². The molecule has 7 nitrogen and oxygen atoms in total. The zero-order valence-corrected chi connectivity index (χ0v) is 19.7. The highest BCUT2D eigenvalue weighted by molar-refractivity contribution is 7.89. The van der Waals surface area contributed by atoms with Crippen molar-refractivity contribution < 1.29 is 17.9 Å². The van der Waals surface area contributed by atoms with Crippen LogP contribution in [0.5, 0.6) is 5.75 Å². The molecule has 2 aromatic carbocycles. The number of anilines is 1. The number of rotatable bonds is 5. The predicted octanol–water partition coefficient (Wildman–Crippen LogP) is 3.10. The first kappa shape index (κ1) is 22.9. The Morgan fingerprint density at radius 3 is 2.41 bits per heavy atom. The second kappa shape index (κ2) is 9.68. The Labute approximate surface area is 194 Å². The molecule has 4 rings (SSSR count). The summed E-state index contributed by atoms with van der Waals surface area (Å²) < 4.78 is 32.8. The molecule has 0 radical (unpaired) electrons. The standard InChI is InChI=1S/C23H28ClN3O4S/c1-31-21-7-9-22(10-8-21)32(29,30)27-11-3-4-18(17-27)23(28)26-14-12-25(13-15-26)20-6-2-5-19(24)16-20/h2,5-10,16,18H,3-4,11-15,17H2,1H3/t18-/m1/s1. The second-order valence-corrected chi connectivity index (χ2v) is 10.5. The summed E-state index contributed by atoms with van der Waals surface area (Å²) in [6.07, 6.45) is 1.39. The molecule has 0 spiro atoms. The molecule has 0 aliphatic carbocycles. The maximum absolute atomic E-state index is 13.2. The van der Waals surface area contributed by atoms with Crippen molar-refractivity contribution in [1.29, 1.82) is 0 Å². The minimum atomic E-state index is -3.65. The van der Waals surface area contributed by atoms with Crippen molar-refractivity contribution in [2.24, 2.45) is 5.92 Å². The Hall–Kier alpha value is -2.29. The van der Waals surface area contributed by atoms with Gasteiger partial charge in [0.2, 0.25) is 15.9 Å². The normalized spacial score (nSPS) is 20.2. The minimum absolute atomic E-state index is 0.0466. The van der Waals surface area contributed by atoms with Crippen molar-refractivity contribution in [3.05, 3.63) is 53.6 Å². The van der Waals surface area contributed by atoms with E-state index in [9.17, 15) is 13.2 Å². The van der Waals surface area contributed by atoms with Crippen LogP contribution in [0.2, 0.25) is 5.02 Å². The van der Waals surface area contributed by atoms with Gasteiger partial charge in [-0.2, -0.15) is 4.31 Å². The van der Waals surface area contributed by atoms with E-state index in [1.165, 1.54) is 4.31 Å². The number of carbonyl (C=O) groups excluding carboxylic acids is 1. The van der Waals surface area contributed by atoms with E-state index in [0.29, 0.717) is 43.2 Å². The number of benzene rings is 2. The molecule has 2 fully saturated rings. The number of hydrogen-bond donors (Lipinski definition) is 0. The van der Waals surface area contributed by atoms with Crippen LogP contribution in [0.25, 0.3) is 0 Å². The lowest BCUT2D eigenvalue weighted by atomic mass is 9.97. The van der Waals surface area contributed by atoms with Crippen LogP contribution < -0.4 is 9.64 Å². The average molecular weight is 478 g/mol. The van der Waals surface area contributed by atoms with Crippen LogP contribution in [0.1, 0.15) is 12.8 Å². The monoisotopic (exact) mass is 477 g/mol. The van der Waals surface area contributed by atoms with Crippen molar-refractivity contribution in [2.45, 2.75) is 17.7 Å². The summed E-state index contributed by atoms with van der Waals surface area (Å²) in [7, 11) is -2.11. The van der Waals surface area contributed by atoms with E-state index >= 15 is 0 Å². The molecule has 0 bridgehead atoms. The summed E-state index contributed by atoms with van der Waals surface area (Å²) >= 11 is 6.10. The third-order valence-corrected chi connectivity index (χ3v) is 8.31. The average Bonchev–Trinajstić information content (AvgIpc) is 2.84. The highest BCUT2D eigenvalue weighted by atomic mass is 35.5. The minimum Gasteiger partial charge on any atom is -0.497 e. The van der Waals surface area contributed by atoms with E-state index in [0.717, 1.165) is 18.8 Å². The number of halogens is 1. The first-order valence-corrected chi connectivity index (χ1v) is 12.6. The molecule has 172 valence electrons. The molecule has 2 aromatic rings. The van der Waals surface area contributed by atoms with Crippen molar-refractivity contribution >= 4 is 33.2 Å². The molecule has 0 unspecified atom stereocenters. The number of piperidine rings is 1. The largest absolute Gasteiger partial charge is 0.497 e. The summed E-state index contributed by atoms with van der Waals surface area (Å²) in [5.74, 6) is 0.340. The van der Waals surface area contributed by atoms with Crippen LogP contribution in [0.15, 0.2) is 53.4 Å². The highest BCUT2D eigenvalue weighted by Crippen LogP contribution is 2.27. The zero-order chi connectivity index (χ0) is 22.7. The molecule has 0 N–H and O–H groups in total. The van der Waals surface area contributed by atoms with Gasteiger partial charge < -0.3 is 14.5 Å². The van der Waals surface area contributed by atoms with Crippen LogP contribution in [-0.4, -0.2) is 69.9 Å². The molecule has 32 heavy (non-hydrogen) atoms. The third kappa shape index (κ3) is 4.87. The zero-order valence-electron chi connectivity index (χ0n) is 18.1. The Balaban J connectivity index is 1.38. The van der Waals surface area contributed by atoms with E-state index in [1.807, 2.05) is 29.2 Å². The number of piperazine rings is 1. The van der Waals surface area contributed by atoms with Gasteiger partial charge in [0.15, 0.2) is 0 Å². The molecule has 0 aromatic heterocycles. The summed E-state index contributed by atoms with van der Waals surface area (Å²) in [5, 5.41) is 0.696. The van der Waals surface area contributed by atoms with Crippen LogP contribution in [0.3, 0.4) is 0 Å². The number of carbonyl (C=O) groups is 1. The van der Waals surface area contributed by atoms with Gasteiger partial charge >= 0.3 is 0 Å². The maximum Gasteiger partial charge on any atom is 0.243 e. The van der Waals surface area contributed by atoms with E-state index < -0.39 is 10.0 Å². The molecule has 1 atom stereocenters. The van der Waals surface area contributed by atoms with E-state index in [4.69, 9.17) is 16.3 Å². The first-order valence-electron chi connectivity index (χ1n) is 10.8. The van der Waals surface area contributed by atoms with Crippen molar-refractivity contribution in [2.75, 3.05) is 51.3 Å². The Bertz CT molecular complexity index is 1050. The van der Waals surface area contributed by atoms with Crippen LogP contribution in [-0.2, 0) is 14.8 Å². The van der Waals surface area contributed by atoms with Crippen molar-refractivity contribution in [3.8, 4) is 5.75 Å². The van der Waals surface area contributed by atoms with Gasteiger partial charge in [0.1, 0.15) is 5.75 Å². The SMILES string of the molecule is COc1ccc(S(=O)(=O)N2CCC[C@@H](C(=O)N3CCN(c4cccc(Cl)c4)CC3)C2)cc1. The Kier molecular flexibility index (Phi) is 6.93. The lowest BCUT2D eigenvalue weighted by Crippen LogP contribution is -2.53. The van der Waals surface area contributed by atoms with Gasteiger partial charge in [0.25, 0.3) is 0 Å². The van der Waals surface area contributed by atoms with Crippen LogP contribution in [0.4, 0.5) is 5.69 Å². The van der Waals surface area contributed by atoms with Gasteiger partial charge in [-0.3, -0.25) is 4.79 Å². The third-order valence-electron chi connectivity index (χ3n) is 6.20. The summed E-state index contributed by atoms with van der Waals surface area (Å²) in [6.45, 7) is 3.35. The topological polar surface area (TPSA) is 70.2 Å². The summed E-state index contributed by atoms with van der Waals surface area (Å²) in [6, 6.07) is 14.1. The molecule has 2 aliphatic heterocycles. The van der Waals surface area contributed by atoms with Gasteiger partial charge in [-0.05, 0) is 55.3 Å². The van der Waals surface area contributed by atoms with Gasteiger partial charge in [0.05, 0.1) is 17.9 Å². The van der Waals surface area contributed by atoms with E-state index in [1.54, 1.807) is 31.4 Å². The van der Waals surface area contributed by atoms with Gasteiger partial charge in [0, 0.05) is 50.0 Å². The molecule has 9 heteroatoms. The van der Waals surface area contributed by atoms with Crippen LogP contribution in [0, 0.1) is 5.92 Å². The van der Waals surface area contributed by atoms with Crippen molar-refractivity contribution in [1.82, 2.24) is 9.21 Å². The lowest BCUT2D eigenvalue weighted by Gasteiger charge is -2.39. The molecule has 2 saturated heterocycles. The lowest BCUT2D eigenvalue weighted by molar-refractivity contribution is -0.137. The number of sulfonamides is 1. The molecular formula is C23H28ClN3O4S. The number of nitrogens with zero attached hydrogens (tertiary/aromatic N) is 3. The Morgan fingerprint density at radius 1 is 1.03 bits per heavy atom. The smallest absolute Gasteiger partial charge is 0.243 e. The predicted molar refractivity (Wildman–Crippen MR) is 125 cm³/mol. The molecule has 2 aliphatic rings. The number of hydrogen-bond acceptors (Lipinski definition) is 5. The number of ether oxygens (including phenoxy) is 1. The van der Waals surface area contributed by atoms with Gasteiger partial charge in [-0.15, -0.1) is 0 Å². The first-order chi connectivity index (χ1) is 15.4. The number of amides is 1. The van der Waals surface area contributed by atoms with Crippen molar-refractivity contribution in [3.63, 3.8) is 0 Å². The summed E-state index contributed by atoms with van der Waals surface area (Å²) in [5.41, 5.74) is 1.05. The fraction of sp³-hybridized carbons (Fsp3) is 0.435. The molecular weight excluding hydrogens is 450 g/mol.